The van der Waals surface area contributed by atoms with Crippen molar-refractivity contribution < 1.29 is 4.74 Å². The number of fused-ring (bicyclic) bond motifs is 1. The van der Waals surface area contributed by atoms with Crippen LogP contribution >= 0.6 is 0 Å². The molecule has 0 radical (unpaired) electrons. The van der Waals surface area contributed by atoms with Gasteiger partial charge in [0.2, 0.25) is 0 Å². The van der Waals surface area contributed by atoms with Gasteiger partial charge in [0.15, 0.2) is 0 Å². The van der Waals surface area contributed by atoms with Crippen LogP contribution in [0.15, 0.2) is 47.3 Å². The molecule has 1 aromatic heterocycles. The Morgan fingerprint density at radius 1 is 1.07 bits per heavy atom. The van der Waals surface area contributed by atoms with E-state index in [1.165, 1.54) is 18.4 Å². The summed E-state index contributed by atoms with van der Waals surface area (Å²) in [6, 6.07) is 15.4. The Morgan fingerprint density at radius 3 is 2.56 bits per heavy atom. The predicted octanol–water partition coefficient (Wildman–Crippen LogP) is 2.42. The van der Waals surface area contributed by atoms with Gasteiger partial charge in [-0.25, -0.2) is 0 Å². The molecule has 27 heavy (non-hydrogen) atoms. The molecular formula is C22H25N3O2. The number of pyridine rings is 1. The summed E-state index contributed by atoms with van der Waals surface area (Å²) < 4.78 is 5.47. The fraction of sp³-hybridized carbons (Fsp3) is 0.500. The minimum absolute atomic E-state index is 0.00231. The van der Waals surface area contributed by atoms with Crippen LogP contribution < -0.4 is 15.4 Å². The molecule has 6 aliphatic rings. The lowest BCUT2D eigenvalue weighted by atomic mass is 9.47. The maximum Gasteiger partial charge on any atom is 0.251 e. The highest BCUT2D eigenvalue weighted by molar-refractivity contribution is 5.65. The molecule has 4 heterocycles. The lowest BCUT2D eigenvalue weighted by Gasteiger charge is -2.78. The van der Waals surface area contributed by atoms with Gasteiger partial charge in [-0.15, -0.1) is 0 Å². The van der Waals surface area contributed by atoms with E-state index in [4.69, 9.17) is 4.74 Å². The van der Waals surface area contributed by atoms with Crippen molar-refractivity contribution in [1.82, 2.24) is 4.98 Å². The van der Waals surface area contributed by atoms with Crippen molar-refractivity contribution in [2.75, 3.05) is 36.1 Å². The van der Waals surface area contributed by atoms with Crippen LogP contribution in [-0.2, 0) is 11.2 Å². The van der Waals surface area contributed by atoms with E-state index in [1.807, 2.05) is 0 Å². The topological polar surface area (TPSA) is 48.6 Å². The first-order valence-corrected chi connectivity index (χ1v) is 10.2. The quantitative estimate of drug-likeness (QED) is 0.906. The van der Waals surface area contributed by atoms with Crippen molar-refractivity contribution in [2.24, 2.45) is 11.8 Å². The Labute approximate surface area is 158 Å². The normalized spacial score (nSPS) is 33.6. The maximum absolute atomic E-state index is 12.4. The average Bonchev–Trinajstić information content (AvgIpc) is 3.24. The summed E-state index contributed by atoms with van der Waals surface area (Å²) in [5, 5.41) is 0. The van der Waals surface area contributed by atoms with Crippen molar-refractivity contribution in [3.63, 3.8) is 0 Å². The fourth-order valence-electron chi connectivity index (χ4n) is 6.36. The van der Waals surface area contributed by atoms with Crippen LogP contribution in [0.3, 0.4) is 0 Å². The van der Waals surface area contributed by atoms with E-state index in [2.05, 4.69) is 51.2 Å². The highest BCUT2D eigenvalue weighted by atomic mass is 16.5. The second-order valence-corrected chi connectivity index (χ2v) is 8.49. The molecule has 4 atom stereocenters. The number of morpholine rings is 1. The Balaban J connectivity index is 1.34. The zero-order valence-corrected chi connectivity index (χ0v) is 15.4. The first kappa shape index (κ1) is 15.8. The third-order valence-electron chi connectivity index (χ3n) is 7.42. The zero-order valence-electron chi connectivity index (χ0n) is 15.4. The van der Waals surface area contributed by atoms with Crippen molar-refractivity contribution in [2.45, 2.75) is 30.8 Å². The molecule has 2 aromatic rings. The summed E-state index contributed by atoms with van der Waals surface area (Å²) in [5.41, 5.74) is 2.66. The van der Waals surface area contributed by atoms with Crippen molar-refractivity contribution in [3.05, 3.63) is 58.4 Å². The molecule has 6 fully saturated rings. The van der Waals surface area contributed by atoms with Gasteiger partial charge in [0.25, 0.3) is 5.56 Å². The monoisotopic (exact) mass is 363 g/mol. The number of hydrogen-bond acceptors (Lipinski definition) is 4. The number of ether oxygens (including phenoxy) is 1. The highest BCUT2D eigenvalue weighted by Gasteiger charge is 2.80. The second kappa shape index (κ2) is 5.61. The van der Waals surface area contributed by atoms with Crippen LogP contribution in [0.1, 0.15) is 18.4 Å². The van der Waals surface area contributed by atoms with Gasteiger partial charge in [0.1, 0.15) is 5.82 Å². The molecule has 3 aliphatic carbocycles. The molecule has 3 saturated heterocycles. The van der Waals surface area contributed by atoms with Gasteiger partial charge in [-0.2, -0.15) is 0 Å². The zero-order chi connectivity index (χ0) is 18.0. The minimum atomic E-state index is 0.00231. The number of nitrogens with zero attached hydrogens (tertiary/aromatic N) is 2. The summed E-state index contributed by atoms with van der Waals surface area (Å²) >= 11 is 0. The van der Waals surface area contributed by atoms with Gasteiger partial charge in [0.05, 0.1) is 18.8 Å². The molecule has 3 aliphatic heterocycles. The van der Waals surface area contributed by atoms with E-state index in [0.29, 0.717) is 6.04 Å². The summed E-state index contributed by atoms with van der Waals surface area (Å²) in [5.74, 6) is 2.59. The smallest absolute Gasteiger partial charge is 0.251 e. The maximum atomic E-state index is 12.4. The molecule has 3 saturated carbocycles. The third-order valence-corrected chi connectivity index (χ3v) is 7.42. The SMILES string of the molecule is O=c1cc(N2CCOCC2)cc(N2C3C4CC[C@H]3C42Cc2ccccc2)[nH]1. The van der Waals surface area contributed by atoms with E-state index in [1.54, 1.807) is 6.07 Å². The van der Waals surface area contributed by atoms with Crippen LogP contribution in [0.5, 0.6) is 0 Å². The van der Waals surface area contributed by atoms with Gasteiger partial charge < -0.3 is 19.5 Å². The van der Waals surface area contributed by atoms with Crippen molar-refractivity contribution in [1.29, 1.82) is 0 Å². The number of benzene rings is 1. The van der Waals surface area contributed by atoms with E-state index < -0.39 is 0 Å². The van der Waals surface area contributed by atoms with Crippen molar-refractivity contribution >= 4 is 11.5 Å². The molecule has 5 heteroatoms. The number of H-pyrrole nitrogens is 1. The van der Waals surface area contributed by atoms with Gasteiger partial charge in [-0.05, 0) is 24.8 Å². The summed E-state index contributed by atoms with van der Waals surface area (Å²) in [7, 11) is 0. The first-order valence-electron chi connectivity index (χ1n) is 10.2. The van der Waals surface area contributed by atoms with Gasteiger partial charge in [0, 0.05) is 48.8 Å². The van der Waals surface area contributed by atoms with E-state index in [0.717, 1.165) is 56.1 Å². The number of nitrogens with one attached hydrogen (secondary N) is 1. The summed E-state index contributed by atoms with van der Waals surface area (Å²) in [4.78, 5) is 20.4. The average molecular weight is 363 g/mol. The molecule has 1 aromatic carbocycles. The molecule has 8 rings (SSSR count). The molecule has 0 spiro atoms. The Morgan fingerprint density at radius 2 is 1.81 bits per heavy atom. The second-order valence-electron chi connectivity index (χ2n) is 8.49. The first-order chi connectivity index (χ1) is 13.3. The van der Waals surface area contributed by atoms with Gasteiger partial charge in [-0.3, -0.25) is 4.79 Å². The molecule has 3 unspecified atom stereocenters. The molecule has 5 nitrogen and oxygen atoms in total. The molecule has 0 amide bonds. The Hall–Kier alpha value is -2.27. The van der Waals surface area contributed by atoms with Crippen LogP contribution in [-0.4, -0.2) is 42.9 Å². The Kier molecular flexibility index (Phi) is 3.28. The Bertz CT molecular complexity index is 907. The predicted molar refractivity (Wildman–Crippen MR) is 105 cm³/mol. The third kappa shape index (κ3) is 2.06. The van der Waals surface area contributed by atoms with Crippen LogP contribution in [0.2, 0.25) is 0 Å². The molecular weight excluding hydrogens is 338 g/mol. The summed E-state index contributed by atoms with van der Waals surface area (Å²) in [6.45, 7) is 3.17. The van der Waals surface area contributed by atoms with Gasteiger partial charge in [-0.1, -0.05) is 30.3 Å². The molecule has 140 valence electrons. The lowest BCUT2D eigenvalue weighted by Crippen LogP contribution is -2.89. The standard InChI is InChI=1S/C22H25N3O2/c26-20-13-16(24-8-10-27-11-9-24)12-19(23-20)25-21-17-6-7-18(21)22(17,25)14-15-4-2-1-3-5-15/h1-5,12-13,17-18,21H,6-11,14H2,(H,23,26)/t17-,18?,21?,22?/m1/s1. The van der Waals surface area contributed by atoms with E-state index >= 15 is 0 Å². The van der Waals surface area contributed by atoms with Gasteiger partial charge >= 0.3 is 0 Å². The van der Waals surface area contributed by atoms with E-state index in [-0.39, 0.29) is 11.1 Å². The van der Waals surface area contributed by atoms with E-state index in [9.17, 15) is 4.79 Å². The molecule has 4 bridgehead atoms. The van der Waals surface area contributed by atoms with Crippen LogP contribution in [0.4, 0.5) is 11.5 Å². The van der Waals surface area contributed by atoms with Crippen LogP contribution in [0.25, 0.3) is 0 Å². The highest BCUT2D eigenvalue weighted by Crippen LogP contribution is 2.73. The largest absolute Gasteiger partial charge is 0.378 e. The summed E-state index contributed by atoms with van der Waals surface area (Å²) in [6.07, 6.45) is 3.77. The fourth-order valence-corrected chi connectivity index (χ4v) is 6.36. The molecule has 1 N–H and O–H groups in total. The number of rotatable bonds is 4. The number of aromatic nitrogens is 1. The van der Waals surface area contributed by atoms with Crippen LogP contribution in [0, 0.1) is 11.8 Å². The lowest BCUT2D eigenvalue weighted by molar-refractivity contribution is -0.0711. The minimum Gasteiger partial charge on any atom is -0.378 e. The number of aromatic amines is 1. The number of hydrogen-bond donors (Lipinski definition) is 1. The van der Waals surface area contributed by atoms with Crippen molar-refractivity contribution in [3.8, 4) is 0 Å². The number of anilines is 2.